The summed E-state index contributed by atoms with van der Waals surface area (Å²) >= 11 is 0. The van der Waals surface area contributed by atoms with Crippen molar-refractivity contribution in [2.75, 3.05) is 6.54 Å². The van der Waals surface area contributed by atoms with Gasteiger partial charge in [0.05, 0.1) is 25.3 Å². The monoisotopic (exact) mass is 294 g/mol. The van der Waals surface area contributed by atoms with Crippen molar-refractivity contribution in [1.82, 2.24) is 20.4 Å². The van der Waals surface area contributed by atoms with Crippen LogP contribution in [0.4, 0.5) is 13.6 Å². The third-order valence-electron chi connectivity index (χ3n) is 2.73. The van der Waals surface area contributed by atoms with Crippen molar-refractivity contribution in [2.45, 2.75) is 19.5 Å². The van der Waals surface area contributed by atoms with E-state index in [0.717, 1.165) is 5.56 Å². The Hall–Kier alpha value is -2.44. The van der Waals surface area contributed by atoms with Crippen molar-refractivity contribution in [1.29, 1.82) is 0 Å². The number of urea groups is 1. The van der Waals surface area contributed by atoms with Crippen molar-refractivity contribution in [3.05, 3.63) is 53.9 Å². The van der Waals surface area contributed by atoms with Crippen molar-refractivity contribution >= 4 is 6.03 Å². The highest BCUT2D eigenvalue weighted by molar-refractivity contribution is 5.73. The lowest BCUT2D eigenvalue weighted by molar-refractivity contribution is 0.146. The second-order valence-electron chi connectivity index (χ2n) is 4.44. The molecule has 0 atom stereocenters. The number of nitrogens with zero attached hydrogens (tertiary/aromatic N) is 2. The maximum absolute atomic E-state index is 11.9. The van der Waals surface area contributed by atoms with Crippen molar-refractivity contribution in [3.63, 3.8) is 0 Å². The molecule has 5 nitrogen and oxygen atoms in total. The summed E-state index contributed by atoms with van der Waals surface area (Å²) in [5.41, 5.74) is 1.79. The summed E-state index contributed by atoms with van der Waals surface area (Å²) in [5.74, 6) is 0. The number of carbonyl (C=O) groups is 1. The molecule has 1 heterocycles. The molecule has 2 N–H and O–H groups in total. The molecule has 0 radical (unpaired) electrons. The molecule has 2 amide bonds. The van der Waals surface area contributed by atoms with E-state index in [1.165, 1.54) is 0 Å². The third kappa shape index (κ3) is 5.21. The Morgan fingerprint density at radius 1 is 1.19 bits per heavy atom. The lowest BCUT2D eigenvalue weighted by Crippen LogP contribution is -2.37. The molecule has 0 saturated carbocycles. The number of hydrogen-bond acceptors (Lipinski definition) is 2. The number of amides is 2. The van der Waals surface area contributed by atoms with Crippen LogP contribution in [-0.4, -0.2) is 28.8 Å². The average molecular weight is 294 g/mol. The number of nitrogens with one attached hydrogen (secondary N) is 2. The van der Waals surface area contributed by atoms with Gasteiger partial charge in [-0.1, -0.05) is 30.3 Å². The smallest absolute Gasteiger partial charge is 0.315 e. The van der Waals surface area contributed by atoms with Gasteiger partial charge in [0.15, 0.2) is 0 Å². The van der Waals surface area contributed by atoms with Gasteiger partial charge in [0.25, 0.3) is 6.43 Å². The Labute approximate surface area is 121 Å². The van der Waals surface area contributed by atoms with E-state index >= 15 is 0 Å². The quantitative estimate of drug-likeness (QED) is 0.856. The second kappa shape index (κ2) is 7.37. The van der Waals surface area contributed by atoms with Crippen molar-refractivity contribution in [3.8, 4) is 0 Å². The predicted octanol–water partition coefficient (Wildman–Crippen LogP) is 2.00. The summed E-state index contributed by atoms with van der Waals surface area (Å²) in [5, 5.41) is 8.84. The van der Waals surface area contributed by atoms with Gasteiger partial charge in [0.1, 0.15) is 0 Å². The minimum atomic E-state index is -2.55. The molecule has 0 aliphatic carbocycles. The van der Waals surface area contributed by atoms with Gasteiger partial charge >= 0.3 is 6.03 Å². The second-order valence-corrected chi connectivity index (χ2v) is 4.44. The Kier molecular flexibility index (Phi) is 5.25. The van der Waals surface area contributed by atoms with Gasteiger partial charge in [0.2, 0.25) is 0 Å². The van der Waals surface area contributed by atoms with E-state index in [2.05, 4.69) is 15.7 Å². The van der Waals surface area contributed by atoms with Crippen LogP contribution in [0.3, 0.4) is 0 Å². The number of carbonyl (C=O) groups excluding carboxylic acids is 1. The van der Waals surface area contributed by atoms with Crippen LogP contribution in [0.15, 0.2) is 42.6 Å². The topological polar surface area (TPSA) is 59.0 Å². The van der Waals surface area contributed by atoms with Crippen molar-refractivity contribution < 1.29 is 13.6 Å². The first-order chi connectivity index (χ1) is 10.1. The minimum absolute atomic E-state index is 0.191. The highest BCUT2D eigenvalue weighted by Crippen LogP contribution is 2.03. The molecule has 0 aliphatic rings. The van der Waals surface area contributed by atoms with Crippen LogP contribution in [0.2, 0.25) is 0 Å². The van der Waals surface area contributed by atoms with Crippen LogP contribution in [0.25, 0.3) is 0 Å². The molecule has 21 heavy (non-hydrogen) atoms. The van der Waals surface area contributed by atoms with Gasteiger partial charge < -0.3 is 10.6 Å². The first-order valence-corrected chi connectivity index (χ1v) is 6.49. The molecule has 0 spiro atoms. The minimum Gasteiger partial charge on any atom is -0.332 e. The van der Waals surface area contributed by atoms with Crippen LogP contribution in [0.1, 0.15) is 11.3 Å². The van der Waals surface area contributed by atoms with Gasteiger partial charge in [0, 0.05) is 6.20 Å². The molecular weight excluding hydrogens is 278 g/mol. The molecule has 0 aliphatic heterocycles. The van der Waals surface area contributed by atoms with E-state index in [0.29, 0.717) is 12.2 Å². The zero-order valence-electron chi connectivity index (χ0n) is 11.3. The summed E-state index contributed by atoms with van der Waals surface area (Å²) in [6.45, 7) is 0.170. The van der Waals surface area contributed by atoms with Crippen molar-refractivity contribution in [2.24, 2.45) is 0 Å². The van der Waals surface area contributed by atoms with Gasteiger partial charge in [-0.15, -0.1) is 0 Å². The van der Waals surface area contributed by atoms with E-state index in [1.54, 1.807) is 16.9 Å². The Balaban J connectivity index is 1.79. The molecule has 2 rings (SSSR count). The maximum Gasteiger partial charge on any atom is 0.315 e. The van der Waals surface area contributed by atoms with Gasteiger partial charge in [-0.25, -0.2) is 13.6 Å². The molecule has 7 heteroatoms. The summed E-state index contributed by atoms with van der Waals surface area (Å²) in [6, 6.07) is 11.0. The average Bonchev–Trinajstić information content (AvgIpc) is 2.91. The van der Waals surface area contributed by atoms with Gasteiger partial charge in [-0.3, -0.25) is 4.68 Å². The normalized spacial score (nSPS) is 10.6. The molecular formula is C14H16F2N4O. The van der Waals surface area contributed by atoms with Crippen LogP contribution < -0.4 is 10.6 Å². The molecule has 1 aromatic heterocycles. The molecule has 0 saturated heterocycles. The van der Waals surface area contributed by atoms with E-state index < -0.39 is 19.0 Å². The lowest BCUT2D eigenvalue weighted by atomic mass is 10.2. The lowest BCUT2D eigenvalue weighted by Gasteiger charge is -2.05. The number of hydrogen-bond donors (Lipinski definition) is 2. The summed E-state index contributed by atoms with van der Waals surface area (Å²) < 4.78 is 25.6. The molecule has 112 valence electrons. The fourth-order valence-electron chi connectivity index (χ4n) is 1.76. The maximum atomic E-state index is 11.9. The molecule has 0 fully saturated rings. The third-order valence-corrected chi connectivity index (χ3v) is 2.73. The zero-order chi connectivity index (χ0) is 15.1. The van der Waals surface area contributed by atoms with E-state index in [1.807, 2.05) is 30.3 Å². The summed E-state index contributed by atoms with van der Waals surface area (Å²) in [6.07, 6.45) is -0.748. The number of halogens is 2. The SMILES string of the molecule is O=C(NCc1ccn(Cc2ccccc2)n1)NCC(F)F. The van der Waals surface area contributed by atoms with Crippen LogP contribution in [0.5, 0.6) is 0 Å². The van der Waals surface area contributed by atoms with E-state index in [9.17, 15) is 13.6 Å². The van der Waals surface area contributed by atoms with Gasteiger partial charge in [-0.05, 0) is 11.6 Å². The van der Waals surface area contributed by atoms with Crippen LogP contribution in [-0.2, 0) is 13.1 Å². The van der Waals surface area contributed by atoms with E-state index in [4.69, 9.17) is 0 Å². The highest BCUT2D eigenvalue weighted by Gasteiger charge is 2.06. The Morgan fingerprint density at radius 2 is 1.95 bits per heavy atom. The summed E-state index contributed by atoms with van der Waals surface area (Å²) in [7, 11) is 0. The number of alkyl halides is 2. The summed E-state index contributed by atoms with van der Waals surface area (Å²) in [4.78, 5) is 11.2. The first-order valence-electron chi connectivity index (χ1n) is 6.49. The van der Waals surface area contributed by atoms with E-state index in [-0.39, 0.29) is 6.54 Å². The molecule has 2 aromatic rings. The number of benzene rings is 1. The predicted molar refractivity (Wildman–Crippen MR) is 74.0 cm³/mol. The molecule has 0 bridgehead atoms. The Bertz CT molecular complexity index is 571. The largest absolute Gasteiger partial charge is 0.332 e. The van der Waals surface area contributed by atoms with Crippen LogP contribution in [0, 0.1) is 0 Å². The number of aromatic nitrogens is 2. The highest BCUT2D eigenvalue weighted by atomic mass is 19.3. The fraction of sp³-hybridized carbons (Fsp3) is 0.286. The zero-order valence-corrected chi connectivity index (χ0v) is 11.3. The standard InChI is InChI=1S/C14H16F2N4O/c15-13(16)9-18-14(21)17-8-12-6-7-20(19-12)10-11-4-2-1-3-5-11/h1-7,13H,8-10H2,(H2,17,18,21). The fourth-order valence-corrected chi connectivity index (χ4v) is 1.76. The molecule has 1 aromatic carbocycles. The van der Waals surface area contributed by atoms with Crippen LogP contribution >= 0.6 is 0 Å². The first kappa shape index (κ1) is 15.0. The molecule has 0 unspecified atom stereocenters. The number of rotatable bonds is 6. The Morgan fingerprint density at radius 3 is 2.67 bits per heavy atom. The van der Waals surface area contributed by atoms with Gasteiger partial charge in [-0.2, -0.15) is 5.10 Å².